The fourth-order valence-electron chi connectivity index (χ4n) is 3.94. The van der Waals surface area contributed by atoms with Gasteiger partial charge < -0.3 is 5.11 Å². The lowest BCUT2D eigenvalue weighted by Crippen LogP contribution is -2.34. The second kappa shape index (κ2) is 3.49. The second-order valence-corrected chi connectivity index (χ2v) is 6.34. The summed E-state index contributed by atoms with van der Waals surface area (Å²) in [4.78, 5) is 0. The zero-order valence-electron chi connectivity index (χ0n) is 9.99. The van der Waals surface area contributed by atoms with E-state index >= 15 is 0 Å². The highest BCUT2D eigenvalue weighted by Gasteiger charge is 2.54. The van der Waals surface area contributed by atoms with Gasteiger partial charge in [-0.1, -0.05) is 11.6 Å². The summed E-state index contributed by atoms with van der Waals surface area (Å²) in [5, 5.41) is 19.4. The minimum atomic E-state index is -0.419. The average Bonchev–Trinajstić information content (AvgIpc) is 2.99. The number of fused-ring (bicyclic) bond motifs is 2. The lowest BCUT2D eigenvalue weighted by Gasteiger charge is -2.42. The molecule has 3 fully saturated rings. The van der Waals surface area contributed by atoms with Gasteiger partial charge in [0.1, 0.15) is 0 Å². The highest BCUT2D eigenvalue weighted by molar-refractivity contribution is 6.31. The molecule has 4 heteroatoms. The summed E-state index contributed by atoms with van der Waals surface area (Å²) >= 11 is 6.14. The van der Waals surface area contributed by atoms with Crippen molar-refractivity contribution in [2.24, 2.45) is 11.3 Å². The number of nitrogens with zero attached hydrogens (tertiary/aromatic N) is 1. The molecule has 18 heavy (non-hydrogen) atoms. The maximum atomic E-state index is 10.8. The van der Waals surface area contributed by atoms with Crippen molar-refractivity contribution in [3.05, 3.63) is 28.9 Å². The Balaban J connectivity index is 1.84. The molecule has 3 aliphatic carbocycles. The van der Waals surface area contributed by atoms with Crippen LogP contribution in [0, 0.1) is 11.3 Å². The Morgan fingerprint density at radius 2 is 2.28 bits per heavy atom. The van der Waals surface area contributed by atoms with Gasteiger partial charge in [0.15, 0.2) is 0 Å². The first-order chi connectivity index (χ1) is 8.68. The van der Waals surface area contributed by atoms with E-state index in [0.29, 0.717) is 5.02 Å². The fourth-order valence-corrected chi connectivity index (χ4v) is 4.18. The summed E-state index contributed by atoms with van der Waals surface area (Å²) in [5.74, 6) is 0.844. The number of hydrogen-bond donors (Lipinski definition) is 2. The van der Waals surface area contributed by atoms with E-state index in [9.17, 15) is 5.11 Å². The van der Waals surface area contributed by atoms with Gasteiger partial charge >= 0.3 is 0 Å². The van der Waals surface area contributed by atoms with Gasteiger partial charge in [-0.2, -0.15) is 5.10 Å². The number of aromatic nitrogens is 2. The van der Waals surface area contributed by atoms with E-state index < -0.39 is 6.10 Å². The largest absolute Gasteiger partial charge is 0.388 e. The Kier molecular flexibility index (Phi) is 2.10. The number of aromatic amines is 1. The van der Waals surface area contributed by atoms with Crippen molar-refractivity contribution in [1.82, 2.24) is 10.2 Å². The lowest BCUT2D eigenvalue weighted by atomic mass is 9.64. The smallest absolute Gasteiger partial charge is 0.0867 e. The molecule has 1 atom stereocenters. The van der Waals surface area contributed by atoms with Gasteiger partial charge in [0, 0.05) is 21.4 Å². The van der Waals surface area contributed by atoms with Crippen LogP contribution in [0.15, 0.2) is 18.3 Å². The lowest BCUT2D eigenvalue weighted by molar-refractivity contribution is -0.0258. The third-order valence-electron chi connectivity index (χ3n) is 4.86. The number of aliphatic hydroxyl groups excluding tert-OH is 1. The third kappa shape index (κ3) is 1.32. The number of rotatable bonds is 2. The van der Waals surface area contributed by atoms with E-state index in [1.807, 2.05) is 12.1 Å². The van der Waals surface area contributed by atoms with Crippen LogP contribution in [0.5, 0.6) is 0 Å². The fraction of sp³-hybridized carbons (Fsp3) is 0.500. The number of halogens is 1. The van der Waals surface area contributed by atoms with E-state index in [2.05, 4.69) is 10.2 Å². The Bertz CT molecular complexity index is 610. The average molecular weight is 263 g/mol. The summed E-state index contributed by atoms with van der Waals surface area (Å²) in [5.41, 5.74) is 1.94. The highest BCUT2D eigenvalue weighted by Crippen LogP contribution is 2.64. The molecule has 94 valence electrons. The number of nitrogens with one attached hydrogen (secondary N) is 1. The molecule has 1 unspecified atom stereocenters. The van der Waals surface area contributed by atoms with Crippen molar-refractivity contribution in [3.8, 4) is 0 Å². The van der Waals surface area contributed by atoms with Crippen LogP contribution in [-0.2, 0) is 0 Å². The molecule has 3 saturated carbocycles. The molecule has 0 spiro atoms. The van der Waals surface area contributed by atoms with Crippen molar-refractivity contribution >= 4 is 22.5 Å². The molecule has 0 saturated heterocycles. The summed E-state index contributed by atoms with van der Waals surface area (Å²) in [6.45, 7) is 0. The molecule has 1 aromatic heterocycles. The molecule has 0 aliphatic heterocycles. The Hall–Kier alpha value is -1.06. The van der Waals surface area contributed by atoms with Crippen LogP contribution in [0.3, 0.4) is 0 Å². The van der Waals surface area contributed by atoms with Crippen molar-refractivity contribution < 1.29 is 5.11 Å². The van der Waals surface area contributed by atoms with Crippen LogP contribution in [0.25, 0.3) is 10.9 Å². The zero-order chi connectivity index (χ0) is 12.3. The molecule has 2 N–H and O–H groups in total. The Morgan fingerprint density at radius 1 is 1.44 bits per heavy atom. The monoisotopic (exact) mass is 262 g/mol. The Labute approximate surface area is 110 Å². The molecule has 3 nitrogen and oxygen atoms in total. The first-order valence-corrected chi connectivity index (χ1v) is 6.86. The van der Waals surface area contributed by atoms with E-state index in [4.69, 9.17) is 11.6 Å². The van der Waals surface area contributed by atoms with Crippen molar-refractivity contribution in [1.29, 1.82) is 0 Å². The van der Waals surface area contributed by atoms with Crippen molar-refractivity contribution in [2.75, 3.05) is 0 Å². The van der Waals surface area contributed by atoms with E-state index in [1.165, 1.54) is 6.42 Å². The molecule has 2 bridgehead atoms. The van der Waals surface area contributed by atoms with E-state index in [0.717, 1.165) is 41.6 Å². The van der Waals surface area contributed by atoms with E-state index in [1.54, 1.807) is 6.20 Å². The summed E-state index contributed by atoms with van der Waals surface area (Å²) in [6, 6.07) is 3.76. The standard InChI is InChI=1S/C14H15ClN2O/c15-10-3-9-7-16-17-12(9)11(4-10)13(18)14-2-1-8(5-14)6-14/h3-4,7-8,13,18H,1-2,5-6H2,(H,16,17). The van der Waals surface area contributed by atoms with Crippen LogP contribution in [-0.4, -0.2) is 15.3 Å². The first-order valence-electron chi connectivity index (χ1n) is 6.49. The van der Waals surface area contributed by atoms with Crippen LogP contribution < -0.4 is 0 Å². The molecule has 1 heterocycles. The maximum absolute atomic E-state index is 10.8. The molecular formula is C14H15ClN2O. The molecule has 2 aromatic rings. The second-order valence-electron chi connectivity index (χ2n) is 5.91. The van der Waals surface area contributed by atoms with Crippen LogP contribution in [0.1, 0.15) is 37.4 Å². The van der Waals surface area contributed by atoms with Crippen LogP contribution in [0.2, 0.25) is 5.02 Å². The van der Waals surface area contributed by atoms with Gasteiger partial charge in [-0.15, -0.1) is 0 Å². The normalized spacial score (nSPS) is 31.6. The summed E-state index contributed by atoms with van der Waals surface area (Å²) < 4.78 is 0. The molecule has 5 rings (SSSR count). The maximum Gasteiger partial charge on any atom is 0.0867 e. The zero-order valence-corrected chi connectivity index (χ0v) is 10.7. The highest BCUT2D eigenvalue weighted by atomic mass is 35.5. The number of aliphatic hydroxyl groups is 1. The molecule has 1 aromatic carbocycles. The van der Waals surface area contributed by atoms with Gasteiger partial charge in [0.05, 0.1) is 17.8 Å². The van der Waals surface area contributed by atoms with Gasteiger partial charge in [-0.25, -0.2) is 0 Å². The molecule has 0 amide bonds. The molecular weight excluding hydrogens is 248 g/mol. The molecule has 0 radical (unpaired) electrons. The van der Waals surface area contributed by atoms with Crippen LogP contribution in [0.4, 0.5) is 0 Å². The predicted molar refractivity (Wildman–Crippen MR) is 70.5 cm³/mol. The van der Waals surface area contributed by atoms with Crippen molar-refractivity contribution in [2.45, 2.75) is 31.8 Å². The minimum Gasteiger partial charge on any atom is -0.388 e. The SMILES string of the molecule is OC(c1cc(Cl)cc2cn[nH]c12)C12CCC(C1)C2. The van der Waals surface area contributed by atoms with Gasteiger partial charge in [0.2, 0.25) is 0 Å². The first kappa shape index (κ1) is 10.8. The summed E-state index contributed by atoms with van der Waals surface area (Å²) in [6.07, 6.45) is 6.07. The number of hydrogen-bond acceptors (Lipinski definition) is 2. The number of H-pyrrole nitrogens is 1. The summed E-state index contributed by atoms with van der Waals surface area (Å²) in [7, 11) is 0. The number of benzene rings is 1. The quantitative estimate of drug-likeness (QED) is 0.871. The minimum absolute atomic E-state index is 0.105. The van der Waals surface area contributed by atoms with Gasteiger partial charge in [0.25, 0.3) is 0 Å². The van der Waals surface area contributed by atoms with Crippen molar-refractivity contribution in [3.63, 3.8) is 0 Å². The Morgan fingerprint density at radius 3 is 3.00 bits per heavy atom. The van der Waals surface area contributed by atoms with Crippen LogP contribution >= 0.6 is 11.6 Å². The molecule has 3 aliphatic rings. The topological polar surface area (TPSA) is 48.9 Å². The van der Waals surface area contributed by atoms with Gasteiger partial charge in [-0.05, 0) is 43.7 Å². The van der Waals surface area contributed by atoms with Gasteiger partial charge in [-0.3, -0.25) is 5.10 Å². The third-order valence-corrected chi connectivity index (χ3v) is 5.08. The van der Waals surface area contributed by atoms with E-state index in [-0.39, 0.29) is 5.41 Å². The predicted octanol–water partition coefficient (Wildman–Crippen LogP) is 3.44.